The lowest BCUT2D eigenvalue weighted by atomic mass is 10.2. The molecule has 100 valence electrons. The number of benzene rings is 1. The Morgan fingerprint density at radius 2 is 2.11 bits per heavy atom. The second kappa shape index (κ2) is 5.42. The molecule has 0 amide bonds. The third-order valence-corrected chi connectivity index (χ3v) is 3.91. The monoisotopic (exact) mass is 274 g/mol. The maximum atomic E-state index is 11.8. The lowest BCUT2D eigenvalue weighted by Crippen LogP contribution is -2.35. The Kier molecular flexibility index (Phi) is 4.38. The van der Waals surface area contributed by atoms with Gasteiger partial charge >= 0.3 is 0 Å². The fourth-order valence-corrected chi connectivity index (χ4v) is 2.58. The fourth-order valence-electron chi connectivity index (χ4n) is 1.32. The Morgan fingerprint density at radius 1 is 1.50 bits per heavy atom. The van der Waals surface area contributed by atoms with Gasteiger partial charge in [-0.2, -0.15) is 0 Å². The van der Waals surface area contributed by atoms with Crippen molar-refractivity contribution in [1.82, 2.24) is 4.72 Å². The number of hydrogen-bond donors (Lipinski definition) is 2. The van der Waals surface area contributed by atoms with Crippen LogP contribution in [-0.4, -0.2) is 31.1 Å². The van der Waals surface area contributed by atoms with E-state index in [0.29, 0.717) is 5.56 Å². The molecule has 0 aliphatic rings. The van der Waals surface area contributed by atoms with Crippen LogP contribution < -0.4 is 4.72 Å². The van der Waals surface area contributed by atoms with Gasteiger partial charge in [-0.1, -0.05) is 6.07 Å². The maximum absolute atomic E-state index is 11.8. The van der Waals surface area contributed by atoms with E-state index < -0.39 is 21.0 Å². The highest BCUT2D eigenvalue weighted by Gasteiger charge is 2.21. The number of nitro benzene ring substituents is 1. The molecule has 1 aromatic rings. The molecule has 0 saturated heterocycles. The molecule has 0 aromatic heterocycles. The standard InChI is InChI=1S/C10H14N2O5S/c1-7-3-4-9(5-10(7)12(14)15)18(16,17)11-8(2)6-13/h3-5,8,11,13H,6H2,1-2H3/t8-/m0/s1. The lowest BCUT2D eigenvalue weighted by molar-refractivity contribution is -0.385. The van der Waals surface area contributed by atoms with Crippen molar-refractivity contribution in [2.75, 3.05) is 6.61 Å². The van der Waals surface area contributed by atoms with Gasteiger partial charge in [0.2, 0.25) is 10.0 Å². The molecule has 0 fully saturated rings. The summed E-state index contributed by atoms with van der Waals surface area (Å²) in [4.78, 5) is 9.90. The van der Waals surface area contributed by atoms with Crippen LogP contribution in [0.1, 0.15) is 12.5 Å². The van der Waals surface area contributed by atoms with E-state index in [1.807, 2.05) is 0 Å². The van der Waals surface area contributed by atoms with Gasteiger partial charge in [-0.05, 0) is 19.9 Å². The fraction of sp³-hybridized carbons (Fsp3) is 0.400. The van der Waals surface area contributed by atoms with Crippen LogP contribution in [0.25, 0.3) is 0 Å². The summed E-state index contributed by atoms with van der Waals surface area (Å²) in [7, 11) is -3.86. The molecule has 7 nitrogen and oxygen atoms in total. The zero-order chi connectivity index (χ0) is 13.9. The number of rotatable bonds is 5. The van der Waals surface area contributed by atoms with Gasteiger partial charge in [0.25, 0.3) is 5.69 Å². The summed E-state index contributed by atoms with van der Waals surface area (Å²) in [5, 5.41) is 19.5. The van der Waals surface area contributed by atoms with Gasteiger partial charge in [0, 0.05) is 17.7 Å². The topological polar surface area (TPSA) is 110 Å². The van der Waals surface area contributed by atoms with Crippen molar-refractivity contribution >= 4 is 15.7 Å². The number of nitrogens with one attached hydrogen (secondary N) is 1. The van der Waals surface area contributed by atoms with Crippen LogP contribution >= 0.6 is 0 Å². The molecule has 0 aliphatic carbocycles. The Balaban J connectivity index is 3.18. The number of hydrogen-bond acceptors (Lipinski definition) is 5. The molecule has 0 saturated carbocycles. The second-order valence-corrected chi connectivity index (χ2v) is 5.62. The van der Waals surface area contributed by atoms with Gasteiger partial charge in [0.15, 0.2) is 0 Å². The largest absolute Gasteiger partial charge is 0.395 e. The summed E-state index contributed by atoms with van der Waals surface area (Å²) < 4.78 is 25.9. The molecule has 8 heteroatoms. The van der Waals surface area contributed by atoms with E-state index in [2.05, 4.69) is 4.72 Å². The van der Waals surface area contributed by atoms with E-state index >= 15 is 0 Å². The summed E-state index contributed by atoms with van der Waals surface area (Å²) >= 11 is 0. The second-order valence-electron chi connectivity index (χ2n) is 3.91. The minimum atomic E-state index is -3.86. The first-order valence-electron chi connectivity index (χ1n) is 5.16. The van der Waals surface area contributed by atoms with Gasteiger partial charge in [-0.3, -0.25) is 10.1 Å². The molecular weight excluding hydrogens is 260 g/mol. The number of nitro groups is 1. The van der Waals surface area contributed by atoms with Crippen LogP contribution in [0.2, 0.25) is 0 Å². The van der Waals surface area contributed by atoms with E-state index in [4.69, 9.17) is 5.11 Å². The van der Waals surface area contributed by atoms with Crippen LogP contribution in [0.4, 0.5) is 5.69 Å². The van der Waals surface area contributed by atoms with Crippen molar-refractivity contribution in [2.24, 2.45) is 0 Å². The quantitative estimate of drug-likeness (QED) is 0.602. The van der Waals surface area contributed by atoms with Crippen molar-refractivity contribution in [3.63, 3.8) is 0 Å². The summed E-state index contributed by atoms with van der Waals surface area (Å²) in [6, 6.07) is 3.00. The van der Waals surface area contributed by atoms with Gasteiger partial charge in [0.1, 0.15) is 0 Å². The number of nitrogens with zero attached hydrogens (tertiary/aromatic N) is 1. The lowest BCUT2D eigenvalue weighted by Gasteiger charge is -2.11. The number of aliphatic hydroxyl groups excluding tert-OH is 1. The minimum absolute atomic E-state index is 0.194. The predicted molar refractivity (Wildman–Crippen MR) is 64.7 cm³/mol. The van der Waals surface area contributed by atoms with Crippen molar-refractivity contribution in [2.45, 2.75) is 24.8 Å². The predicted octanol–water partition coefficient (Wildman–Crippen LogP) is 0.562. The van der Waals surface area contributed by atoms with E-state index in [1.165, 1.54) is 26.0 Å². The van der Waals surface area contributed by atoms with E-state index in [0.717, 1.165) is 6.07 Å². The first kappa shape index (κ1) is 14.6. The Hall–Kier alpha value is -1.51. The van der Waals surface area contributed by atoms with Gasteiger partial charge in [0.05, 0.1) is 16.4 Å². The first-order valence-corrected chi connectivity index (χ1v) is 6.64. The van der Waals surface area contributed by atoms with Crippen LogP contribution in [0.5, 0.6) is 0 Å². The number of aryl methyl sites for hydroxylation is 1. The molecule has 0 aliphatic heterocycles. The van der Waals surface area contributed by atoms with E-state index in [9.17, 15) is 18.5 Å². The molecular formula is C10H14N2O5S. The summed E-state index contributed by atoms with van der Waals surface area (Å²) in [6.45, 7) is 2.66. The highest BCUT2D eigenvalue weighted by molar-refractivity contribution is 7.89. The van der Waals surface area contributed by atoms with Crippen LogP contribution in [0, 0.1) is 17.0 Å². The third-order valence-electron chi connectivity index (χ3n) is 2.32. The van der Waals surface area contributed by atoms with Crippen molar-refractivity contribution in [3.8, 4) is 0 Å². The Labute approximate surface area is 105 Å². The van der Waals surface area contributed by atoms with E-state index in [1.54, 1.807) is 0 Å². The molecule has 1 atom stereocenters. The molecule has 0 radical (unpaired) electrons. The maximum Gasteiger partial charge on any atom is 0.273 e. The number of sulfonamides is 1. The van der Waals surface area contributed by atoms with E-state index in [-0.39, 0.29) is 17.2 Å². The Morgan fingerprint density at radius 3 is 2.61 bits per heavy atom. The van der Waals surface area contributed by atoms with Gasteiger partial charge in [-0.15, -0.1) is 0 Å². The average Bonchev–Trinajstić information content (AvgIpc) is 2.28. The molecule has 1 aromatic carbocycles. The molecule has 0 unspecified atom stereocenters. The first-order chi connectivity index (χ1) is 8.27. The van der Waals surface area contributed by atoms with Crippen LogP contribution in [0.15, 0.2) is 23.1 Å². The van der Waals surface area contributed by atoms with Gasteiger partial charge in [-0.25, -0.2) is 13.1 Å². The van der Waals surface area contributed by atoms with Crippen molar-refractivity contribution < 1.29 is 18.4 Å². The SMILES string of the molecule is Cc1ccc(S(=O)(=O)N[C@@H](C)CO)cc1[N+](=O)[O-]. The molecule has 0 heterocycles. The zero-order valence-electron chi connectivity index (χ0n) is 9.95. The highest BCUT2D eigenvalue weighted by atomic mass is 32.2. The van der Waals surface area contributed by atoms with Crippen molar-refractivity contribution in [1.29, 1.82) is 0 Å². The van der Waals surface area contributed by atoms with Gasteiger partial charge < -0.3 is 5.11 Å². The van der Waals surface area contributed by atoms with Crippen LogP contribution in [-0.2, 0) is 10.0 Å². The molecule has 2 N–H and O–H groups in total. The molecule has 1 rings (SSSR count). The van der Waals surface area contributed by atoms with Crippen molar-refractivity contribution in [3.05, 3.63) is 33.9 Å². The zero-order valence-corrected chi connectivity index (χ0v) is 10.8. The summed E-state index contributed by atoms with van der Waals surface area (Å²) in [5.74, 6) is 0. The normalized spacial score (nSPS) is 13.3. The molecule has 0 spiro atoms. The van der Waals surface area contributed by atoms with Crippen LogP contribution in [0.3, 0.4) is 0 Å². The Bertz CT molecular complexity index is 555. The molecule has 0 bridgehead atoms. The smallest absolute Gasteiger partial charge is 0.273 e. The summed E-state index contributed by atoms with van der Waals surface area (Å²) in [6.07, 6.45) is 0. The average molecular weight is 274 g/mol. The number of aliphatic hydroxyl groups is 1. The molecule has 18 heavy (non-hydrogen) atoms. The third kappa shape index (κ3) is 3.25. The highest BCUT2D eigenvalue weighted by Crippen LogP contribution is 2.22. The minimum Gasteiger partial charge on any atom is -0.395 e. The summed E-state index contributed by atoms with van der Waals surface area (Å²) in [5.41, 5.74) is 0.128.